The number of halogens is 1. The fourth-order valence-electron chi connectivity index (χ4n) is 1.45. The third kappa shape index (κ3) is 1.04. The zero-order valence-corrected chi connectivity index (χ0v) is 7.01. The van der Waals surface area contributed by atoms with Gasteiger partial charge in [-0.15, -0.1) is 0 Å². The lowest BCUT2D eigenvalue weighted by molar-refractivity contribution is 0.0780. The Hall–Kier alpha value is -0.860. The Morgan fingerprint density at radius 3 is 3.00 bits per heavy atom. The summed E-state index contributed by atoms with van der Waals surface area (Å²) in [6.45, 7) is 0. The third-order valence-corrected chi connectivity index (χ3v) is 2.28. The Labute approximate surface area is 74.8 Å². The molecule has 1 aliphatic rings. The average molecular weight is 183 g/mol. The van der Waals surface area contributed by atoms with Crippen molar-refractivity contribution >= 4 is 17.4 Å². The maximum absolute atomic E-state index is 11.2. The molecule has 1 aliphatic carbocycles. The number of ketones is 1. The van der Waals surface area contributed by atoms with Crippen molar-refractivity contribution in [1.29, 1.82) is 0 Å². The van der Waals surface area contributed by atoms with E-state index in [1.165, 1.54) is 0 Å². The molecule has 1 N–H and O–H groups in total. The van der Waals surface area contributed by atoms with Crippen LogP contribution in [0.1, 0.15) is 15.9 Å². The number of benzene rings is 1. The molecule has 0 heterocycles. The molecule has 12 heavy (non-hydrogen) atoms. The van der Waals surface area contributed by atoms with E-state index in [0.717, 1.165) is 5.56 Å². The van der Waals surface area contributed by atoms with Crippen LogP contribution in [0.2, 0.25) is 5.02 Å². The van der Waals surface area contributed by atoms with Crippen molar-refractivity contribution in [3.8, 4) is 0 Å². The summed E-state index contributed by atoms with van der Waals surface area (Å²) in [4.78, 5) is 11.2. The maximum atomic E-state index is 11.2. The van der Waals surface area contributed by atoms with Gasteiger partial charge in [0.15, 0.2) is 5.78 Å². The van der Waals surface area contributed by atoms with Crippen LogP contribution in [0.5, 0.6) is 0 Å². The van der Waals surface area contributed by atoms with Gasteiger partial charge in [0.2, 0.25) is 0 Å². The highest BCUT2D eigenvalue weighted by Crippen LogP contribution is 2.24. The molecule has 0 bridgehead atoms. The second-order valence-corrected chi connectivity index (χ2v) is 3.32. The lowest BCUT2D eigenvalue weighted by atomic mass is 10.1. The van der Waals surface area contributed by atoms with Gasteiger partial charge in [0.25, 0.3) is 0 Å². The number of fused-ring (bicyclic) bond motifs is 1. The van der Waals surface area contributed by atoms with Crippen LogP contribution in [0.15, 0.2) is 18.2 Å². The summed E-state index contributed by atoms with van der Waals surface area (Å²) >= 11 is 5.73. The number of carbonyl (C=O) groups is 1. The minimum absolute atomic E-state index is 0.193. The van der Waals surface area contributed by atoms with Crippen molar-refractivity contribution in [3.05, 3.63) is 34.3 Å². The van der Waals surface area contributed by atoms with Crippen LogP contribution in [0.4, 0.5) is 0 Å². The standard InChI is InChI=1S/C9H7ClO2/c10-6-1-2-7-5(3-6)4-8(11)9(7)12/h1-3,8,11H,4H2/t8-/m0/s1. The first-order chi connectivity index (χ1) is 5.68. The van der Waals surface area contributed by atoms with E-state index in [1.807, 2.05) is 0 Å². The van der Waals surface area contributed by atoms with Crippen molar-refractivity contribution in [1.82, 2.24) is 0 Å². The fraction of sp³-hybridized carbons (Fsp3) is 0.222. The lowest BCUT2D eigenvalue weighted by Gasteiger charge is -1.95. The normalized spacial score (nSPS) is 21.2. The van der Waals surface area contributed by atoms with Crippen molar-refractivity contribution in [3.63, 3.8) is 0 Å². The Kier molecular flexibility index (Phi) is 1.67. The van der Waals surface area contributed by atoms with E-state index in [1.54, 1.807) is 18.2 Å². The molecule has 2 rings (SSSR count). The minimum Gasteiger partial charge on any atom is -0.385 e. The second kappa shape index (κ2) is 2.57. The molecule has 1 atom stereocenters. The summed E-state index contributed by atoms with van der Waals surface area (Å²) in [5.41, 5.74) is 1.45. The predicted molar refractivity (Wildman–Crippen MR) is 45.5 cm³/mol. The molecular weight excluding hydrogens is 176 g/mol. The van der Waals surface area contributed by atoms with E-state index < -0.39 is 6.10 Å². The fourth-order valence-corrected chi connectivity index (χ4v) is 1.65. The molecule has 0 radical (unpaired) electrons. The predicted octanol–water partition coefficient (Wildman–Crippen LogP) is 1.44. The molecule has 0 spiro atoms. The largest absolute Gasteiger partial charge is 0.385 e. The van der Waals surface area contributed by atoms with E-state index in [9.17, 15) is 9.90 Å². The zero-order chi connectivity index (χ0) is 8.72. The minimum atomic E-state index is -0.863. The smallest absolute Gasteiger partial charge is 0.191 e. The van der Waals surface area contributed by atoms with E-state index in [4.69, 9.17) is 11.6 Å². The first kappa shape index (κ1) is 7.77. The van der Waals surface area contributed by atoms with Gasteiger partial charge in [-0.1, -0.05) is 11.6 Å². The molecule has 0 fully saturated rings. The van der Waals surface area contributed by atoms with E-state index in [-0.39, 0.29) is 5.78 Å². The molecule has 0 saturated carbocycles. The number of hydrogen-bond donors (Lipinski definition) is 1. The molecule has 1 aromatic carbocycles. The highest BCUT2D eigenvalue weighted by atomic mass is 35.5. The summed E-state index contributed by atoms with van der Waals surface area (Å²) in [6.07, 6.45) is -0.465. The van der Waals surface area contributed by atoms with Gasteiger partial charge in [-0.3, -0.25) is 4.79 Å². The number of rotatable bonds is 0. The van der Waals surface area contributed by atoms with E-state index in [0.29, 0.717) is 17.0 Å². The summed E-state index contributed by atoms with van der Waals surface area (Å²) in [5.74, 6) is -0.193. The van der Waals surface area contributed by atoms with E-state index >= 15 is 0 Å². The first-order valence-corrected chi connectivity index (χ1v) is 4.07. The topological polar surface area (TPSA) is 37.3 Å². The molecule has 1 aromatic rings. The van der Waals surface area contributed by atoms with Crippen molar-refractivity contribution in [2.45, 2.75) is 12.5 Å². The number of carbonyl (C=O) groups excluding carboxylic acids is 1. The van der Waals surface area contributed by atoms with Crippen LogP contribution in [-0.2, 0) is 6.42 Å². The van der Waals surface area contributed by atoms with Crippen LogP contribution in [0, 0.1) is 0 Å². The Morgan fingerprint density at radius 1 is 1.50 bits per heavy atom. The quantitative estimate of drug-likeness (QED) is 0.659. The van der Waals surface area contributed by atoms with Gasteiger partial charge >= 0.3 is 0 Å². The highest BCUT2D eigenvalue weighted by Gasteiger charge is 2.28. The van der Waals surface area contributed by atoms with Gasteiger partial charge in [0.05, 0.1) is 0 Å². The third-order valence-electron chi connectivity index (χ3n) is 2.05. The number of Topliss-reactive ketones (excluding diaryl/α,β-unsaturated/α-hetero) is 1. The molecule has 0 amide bonds. The van der Waals surface area contributed by atoms with Gasteiger partial charge < -0.3 is 5.11 Å². The summed E-state index contributed by atoms with van der Waals surface area (Å²) in [6, 6.07) is 5.05. The Bertz CT molecular complexity index is 346. The van der Waals surface area contributed by atoms with Crippen LogP contribution >= 0.6 is 11.6 Å². The van der Waals surface area contributed by atoms with Gasteiger partial charge in [0.1, 0.15) is 6.10 Å². The molecule has 3 heteroatoms. The van der Waals surface area contributed by atoms with Crippen molar-refractivity contribution in [2.75, 3.05) is 0 Å². The molecule has 0 saturated heterocycles. The number of hydrogen-bond acceptors (Lipinski definition) is 2. The number of aliphatic hydroxyl groups excluding tert-OH is 1. The first-order valence-electron chi connectivity index (χ1n) is 3.69. The van der Waals surface area contributed by atoms with Crippen LogP contribution < -0.4 is 0 Å². The van der Waals surface area contributed by atoms with Gasteiger partial charge in [-0.2, -0.15) is 0 Å². The van der Waals surface area contributed by atoms with Gasteiger partial charge in [0, 0.05) is 17.0 Å². The second-order valence-electron chi connectivity index (χ2n) is 2.89. The molecule has 0 aliphatic heterocycles. The van der Waals surface area contributed by atoms with Gasteiger partial charge in [-0.25, -0.2) is 0 Å². The van der Waals surface area contributed by atoms with Crippen LogP contribution in [0.3, 0.4) is 0 Å². The number of aliphatic hydroxyl groups is 1. The molecule has 2 nitrogen and oxygen atoms in total. The lowest BCUT2D eigenvalue weighted by Crippen LogP contribution is -2.13. The Balaban J connectivity index is 2.54. The summed E-state index contributed by atoms with van der Waals surface area (Å²) < 4.78 is 0. The highest BCUT2D eigenvalue weighted by molar-refractivity contribution is 6.30. The molecule has 62 valence electrons. The van der Waals surface area contributed by atoms with Crippen LogP contribution in [0.25, 0.3) is 0 Å². The van der Waals surface area contributed by atoms with Crippen molar-refractivity contribution in [2.24, 2.45) is 0 Å². The zero-order valence-electron chi connectivity index (χ0n) is 6.25. The Morgan fingerprint density at radius 2 is 2.25 bits per heavy atom. The van der Waals surface area contributed by atoms with Crippen molar-refractivity contribution < 1.29 is 9.90 Å². The summed E-state index contributed by atoms with van der Waals surface area (Å²) in [5, 5.41) is 9.82. The monoisotopic (exact) mass is 182 g/mol. The maximum Gasteiger partial charge on any atom is 0.191 e. The van der Waals surface area contributed by atoms with E-state index in [2.05, 4.69) is 0 Å². The SMILES string of the molecule is O=C1c2ccc(Cl)cc2C[C@@H]1O. The summed E-state index contributed by atoms with van der Waals surface area (Å²) in [7, 11) is 0. The molecule has 0 aromatic heterocycles. The molecule has 0 unspecified atom stereocenters. The molecular formula is C9H7ClO2. The van der Waals surface area contributed by atoms with Gasteiger partial charge in [-0.05, 0) is 23.8 Å². The van der Waals surface area contributed by atoms with Crippen LogP contribution in [-0.4, -0.2) is 17.0 Å². The average Bonchev–Trinajstić information content (AvgIpc) is 2.28.